The SMILES string of the molecule is CC1CCC(NC(=O)c2ccc(NC3=N[C@@H]4CS(=O)(=O)C[C@@H]4S3)cc2)CC1. The number of hydrogen-bond acceptors (Lipinski definition) is 6. The fourth-order valence-electron chi connectivity index (χ4n) is 3.92. The number of benzene rings is 1. The van der Waals surface area contributed by atoms with E-state index in [-0.39, 0.29) is 34.7 Å². The summed E-state index contributed by atoms with van der Waals surface area (Å²) < 4.78 is 23.3. The van der Waals surface area contributed by atoms with E-state index in [1.807, 2.05) is 24.3 Å². The lowest BCUT2D eigenvalue weighted by atomic mass is 9.87. The van der Waals surface area contributed by atoms with Crippen molar-refractivity contribution >= 4 is 38.4 Å². The maximum absolute atomic E-state index is 12.4. The first-order valence-corrected chi connectivity index (χ1v) is 12.2. The zero-order valence-electron chi connectivity index (χ0n) is 15.3. The lowest BCUT2D eigenvalue weighted by Gasteiger charge is -2.26. The Labute approximate surface area is 164 Å². The van der Waals surface area contributed by atoms with Crippen molar-refractivity contribution in [2.75, 3.05) is 16.8 Å². The quantitative estimate of drug-likeness (QED) is 0.804. The first kappa shape index (κ1) is 18.8. The average Bonchev–Trinajstić information content (AvgIpc) is 3.10. The summed E-state index contributed by atoms with van der Waals surface area (Å²) >= 11 is 1.49. The van der Waals surface area contributed by atoms with Crippen LogP contribution in [0.2, 0.25) is 0 Å². The van der Waals surface area contributed by atoms with Gasteiger partial charge in [-0.05, 0) is 55.9 Å². The first-order chi connectivity index (χ1) is 12.9. The zero-order chi connectivity index (χ0) is 19.0. The lowest BCUT2D eigenvalue weighted by molar-refractivity contribution is 0.0923. The average molecular weight is 408 g/mol. The molecule has 1 saturated carbocycles. The van der Waals surface area contributed by atoms with Gasteiger partial charge in [0.2, 0.25) is 0 Å². The molecule has 0 radical (unpaired) electrons. The van der Waals surface area contributed by atoms with Crippen molar-refractivity contribution in [2.45, 2.75) is 49.9 Å². The molecule has 2 N–H and O–H groups in total. The van der Waals surface area contributed by atoms with Gasteiger partial charge in [-0.25, -0.2) is 8.42 Å². The fourth-order valence-corrected chi connectivity index (χ4v) is 7.59. The van der Waals surface area contributed by atoms with Crippen molar-refractivity contribution in [1.29, 1.82) is 0 Å². The van der Waals surface area contributed by atoms with Gasteiger partial charge < -0.3 is 10.6 Å². The van der Waals surface area contributed by atoms with Gasteiger partial charge in [0, 0.05) is 22.5 Å². The number of anilines is 1. The summed E-state index contributed by atoms with van der Waals surface area (Å²) in [6.07, 6.45) is 4.47. The van der Waals surface area contributed by atoms with Crippen molar-refractivity contribution in [3.63, 3.8) is 0 Å². The predicted molar refractivity (Wildman–Crippen MR) is 110 cm³/mol. The van der Waals surface area contributed by atoms with E-state index in [0.29, 0.717) is 5.56 Å². The Hall–Kier alpha value is -1.54. The van der Waals surface area contributed by atoms with Crippen LogP contribution in [-0.2, 0) is 9.84 Å². The number of amidine groups is 1. The summed E-state index contributed by atoms with van der Waals surface area (Å²) in [6, 6.07) is 7.51. The Morgan fingerprint density at radius 1 is 1.11 bits per heavy atom. The minimum absolute atomic E-state index is 0.0200. The normalized spacial score (nSPS) is 31.8. The molecule has 2 fully saturated rings. The number of carbonyl (C=O) groups is 1. The number of thioether (sulfide) groups is 1. The molecule has 27 heavy (non-hydrogen) atoms. The molecular formula is C19H25N3O3S2. The van der Waals surface area contributed by atoms with Crippen molar-refractivity contribution in [3.8, 4) is 0 Å². The molecule has 0 aromatic heterocycles. The molecule has 1 aliphatic carbocycles. The highest BCUT2D eigenvalue weighted by Crippen LogP contribution is 2.34. The van der Waals surface area contributed by atoms with Crippen LogP contribution in [-0.4, -0.2) is 48.3 Å². The molecule has 2 aliphatic heterocycles. The van der Waals surface area contributed by atoms with E-state index in [1.54, 1.807) is 0 Å². The summed E-state index contributed by atoms with van der Waals surface area (Å²) in [5, 5.41) is 7.16. The van der Waals surface area contributed by atoms with Gasteiger partial charge in [0.15, 0.2) is 15.0 Å². The van der Waals surface area contributed by atoms with Crippen LogP contribution in [0.3, 0.4) is 0 Å². The second kappa shape index (κ2) is 7.47. The highest BCUT2D eigenvalue weighted by molar-refractivity contribution is 8.15. The monoisotopic (exact) mass is 407 g/mol. The molecule has 6 nitrogen and oxygen atoms in total. The molecule has 4 rings (SSSR count). The van der Waals surface area contributed by atoms with Crippen LogP contribution in [0.1, 0.15) is 43.0 Å². The van der Waals surface area contributed by atoms with Crippen LogP contribution < -0.4 is 10.6 Å². The zero-order valence-corrected chi connectivity index (χ0v) is 17.0. The molecule has 0 spiro atoms. The van der Waals surface area contributed by atoms with Gasteiger partial charge in [0.25, 0.3) is 5.91 Å². The summed E-state index contributed by atoms with van der Waals surface area (Å²) in [4.78, 5) is 16.9. The van der Waals surface area contributed by atoms with Crippen LogP contribution in [0.5, 0.6) is 0 Å². The molecule has 1 amide bonds. The Kier molecular flexibility index (Phi) is 5.20. The van der Waals surface area contributed by atoms with E-state index < -0.39 is 9.84 Å². The first-order valence-electron chi connectivity index (χ1n) is 9.51. The third-order valence-corrected chi connectivity index (χ3v) is 8.71. The Morgan fingerprint density at radius 2 is 1.81 bits per heavy atom. The van der Waals surface area contributed by atoms with Crippen molar-refractivity contribution < 1.29 is 13.2 Å². The molecule has 1 aromatic rings. The number of sulfone groups is 1. The molecule has 1 saturated heterocycles. The van der Waals surface area contributed by atoms with Gasteiger partial charge in [-0.15, -0.1) is 0 Å². The molecule has 2 atom stereocenters. The largest absolute Gasteiger partial charge is 0.349 e. The second-order valence-corrected chi connectivity index (χ2v) is 11.2. The summed E-state index contributed by atoms with van der Waals surface area (Å²) in [6.45, 7) is 2.27. The van der Waals surface area contributed by atoms with Crippen LogP contribution in [0.25, 0.3) is 0 Å². The summed E-state index contributed by atoms with van der Waals surface area (Å²) in [7, 11) is -2.93. The molecule has 1 aromatic carbocycles. The van der Waals surface area contributed by atoms with Crippen molar-refractivity contribution in [2.24, 2.45) is 10.9 Å². The summed E-state index contributed by atoms with van der Waals surface area (Å²) in [5.74, 6) is 1.10. The number of aliphatic imine (C=N–C) groups is 1. The Morgan fingerprint density at radius 3 is 2.48 bits per heavy atom. The van der Waals surface area contributed by atoms with Gasteiger partial charge in [-0.1, -0.05) is 18.7 Å². The molecule has 0 bridgehead atoms. The van der Waals surface area contributed by atoms with Crippen LogP contribution >= 0.6 is 11.8 Å². The van der Waals surface area contributed by atoms with E-state index in [1.165, 1.54) is 24.6 Å². The van der Waals surface area contributed by atoms with E-state index >= 15 is 0 Å². The van der Waals surface area contributed by atoms with E-state index in [4.69, 9.17) is 0 Å². The van der Waals surface area contributed by atoms with Crippen LogP contribution in [0.4, 0.5) is 5.69 Å². The van der Waals surface area contributed by atoms with Gasteiger partial charge >= 0.3 is 0 Å². The van der Waals surface area contributed by atoms with Gasteiger partial charge in [0.05, 0.1) is 17.5 Å². The molecule has 0 unspecified atom stereocenters. The van der Waals surface area contributed by atoms with E-state index in [9.17, 15) is 13.2 Å². The number of hydrogen-bond donors (Lipinski definition) is 2. The van der Waals surface area contributed by atoms with Gasteiger partial charge in [-0.3, -0.25) is 9.79 Å². The maximum Gasteiger partial charge on any atom is 0.251 e. The second-order valence-electron chi connectivity index (χ2n) is 7.87. The number of carbonyl (C=O) groups excluding carboxylic acids is 1. The van der Waals surface area contributed by atoms with Gasteiger partial charge in [0.1, 0.15) is 0 Å². The predicted octanol–water partition coefficient (Wildman–Crippen LogP) is 2.68. The number of rotatable bonds is 3. The number of amides is 1. The van der Waals surface area contributed by atoms with Gasteiger partial charge in [-0.2, -0.15) is 0 Å². The highest BCUT2D eigenvalue weighted by atomic mass is 32.2. The van der Waals surface area contributed by atoms with Crippen molar-refractivity contribution in [3.05, 3.63) is 29.8 Å². The number of fused-ring (bicyclic) bond motifs is 1. The minimum Gasteiger partial charge on any atom is -0.349 e. The standard InChI is InChI=1S/C19H25N3O3S2/c1-12-2-6-14(7-3-12)20-18(23)13-4-8-15(9-5-13)21-19-22-16-10-27(24,25)11-17(16)26-19/h4-5,8-9,12,14,16-17H,2-3,6-7,10-11H2,1H3,(H,20,23)(H,21,22)/t12?,14?,16-,17+/m1/s1. The molecule has 8 heteroatoms. The maximum atomic E-state index is 12.4. The Balaban J connectivity index is 1.32. The third kappa shape index (κ3) is 4.48. The third-order valence-electron chi connectivity index (χ3n) is 5.57. The number of nitrogens with zero attached hydrogens (tertiary/aromatic N) is 1. The van der Waals surface area contributed by atoms with E-state index in [2.05, 4.69) is 22.5 Å². The Bertz CT molecular complexity index is 843. The number of nitrogens with one attached hydrogen (secondary N) is 2. The lowest BCUT2D eigenvalue weighted by Crippen LogP contribution is -2.37. The van der Waals surface area contributed by atoms with Crippen LogP contribution in [0.15, 0.2) is 29.3 Å². The van der Waals surface area contributed by atoms with Crippen molar-refractivity contribution in [1.82, 2.24) is 5.32 Å². The summed E-state index contributed by atoms with van der Waals surface area (Å²) in [5.41, 5.74) is 1.51. The molecule has 2 heterocycles. The molecular weight excluding hydrogens is 382 g/mol. The fraction of sp³-hybridized carbons (Fsp3) is 0.579. The minimum atomic E-state index is -2.93. The van der Waals surface area contributed by atoms with E-state index in [0.717, 1.165) is 29.6 Å². The highest BCUT2D eigenvalue weighted by Gasteiger charge is 2.42. The smallest absolute Gasteiger partial charge is 0.251 e. The van der Waals surface area contributed by atoms with Crippen LogP contribution in [0, 0.1) is 5.92 Å². The molecule has 146 valence electrons. The molecule has 3 aliphatic rings. The topological polar surface area (TPSA) is 87.6 Å².